The van der Waals surface area contributed by atoms with E-state index in [1.54, 1.807) is 18.2 Å². The lowest BCUT2D eigenvalue weighted by atomic mass is 10.1. The quantitative estimate of drug-likeness (QED) is 0.691. The van der Waals surface area contributed by atoms with Gasteiger partial charge in [0.2, 0.25) is 0 Å². The number of rotatable bonds is 7. The van der Waals surface area contributed by atoms with Gasteiger partial charge >= 0.3 is 0 Å². The van der Waals surface area contributed by atoms with Crippen molar-refractivity contribution in [2.75, 3.05) is 26.8 Å². The number of carbonyl (C=O) groups excluding carboxylic acids is 3. The van der Waals surface area contributed by atoms with E-state index < -0.39 is 12.1 Å². The van der Waals surface area contributed by atoms with Gasteiger partial charge in [0.05, 0.1) is 0 Å². The molecule has 0 aromatic heterocycles. The fraction of sp³-hybridized carbons (Fsp3) is 0.348. The Kier molecular flexibility index (Phi) is 7.38. The van der Waals surface area contributed by atoms with E-state index in [9.17, 15) is 14.4 Å². The van der Waals surface area contributed by atoms with Gasteiger partial charge in [-0.2, -0.15) is 0 Å². The molecule has 0 radical (unpaired) electrons. The largest absolute Gasteiger partial charge is 0.375 e. The maximum absolute atomic E-state index is 13.2. The molecule has 3 rings (SSSR count). The minimum absolute atomic E-state index is 0.158. The van der Waals surface area contributed by atoms with Crippen LogP contribution in [-0.4, -0.2) is 60.5 Å². The Morgan fingerprint density at radius 1 is 1.06 bits per heavy atom. The number of amides is 3. The van der Waals surface area contributed by atoms with Crippen LogP contribution < -0.4 is 11.1 Å². The van der Waals surface area contributed by atoms with E-state index in [0.29, 0.717) is 12.1 Å². The summed E-state index contributed by atoms with van der Waals surface area (Å²) in [6.07, 6.45) is -1.03. The summed E-state index contributed by atoms with van der Waals surface area (Å²) in [6.45, 7) is 2.94. The molecule has 0 bridgehead atoms. The molecule has 0 aliphatic carbocycles. The van der Waals surface area contributed by atoms with E-state index in [4.69, 9.17) is 10.5 Å². The molecule has 1 heterocycles. The number of carbonyl (C=O) groups is 3. The number of hydrogen-bond acceptors (Lipinski definition) is 5. The minimum Gasteiger partial charge on any atom is -0.375 e. The molecule has 164 valence electrons. The summed E-state index contributed by atoms with van der Waals surface area (Å²) in [7, 11) is 1.42. The van der Waals surface area contributed by atoms with Crippen LogP contribution in [0.3, 0.4) is 0 Å². The molecule has 1 aliphatic heterocycles. The van der Waals surface area contributed by atoms with Crippen molar-refractivity contribution in [3.63, 3.8) is 0 Å². The standard InChI is InChI=1S/C23H28N4O4/c1-16-5-3-8-19(11-16)23(30)27-10-9-26(20(28)15-31-2)22(27)21(29)25-14-18-7-4-6-17(12-18)13-24/h3-8,11-12,22H,9-10,13-15,24H2,1-2H3,(H,25,29). The average molecular weight is 425 g/mol. The lowest BCUT2D eigenvalue weighted by molar-refractivity contribution is -0.143. The molecule has 8 heteroatoms. The van der Waals surface area contributed by atoms with Gasteiger partial charge in [0.1, 0.15) is 6.61 Å². The van der Waals surface area contributed by atoms with E-state index in [0.717, 1.165) is 16.7 Å². The first-order valence-electron chi connectivity index (χ1n) is 10.2. The zero-order valence-electron chi connectivity index (χ0n) is 17.8. The number of aryl methyl sites for hydroxylation is 1. The number of hydrogen-bond donors (Lipinski definition) is 2. The van der Waals surface area contributed by atoms with Crippen molar-refractivity contribution in [3.05, 3.63) is 70.8 Å². The summed E-state index contributed by atoms with van der Waals surface area (Å²) in [5.41, 5.74) is 8.96. The van der Waals surface area contributed by atoms with E-state index >= 15 is 0 Å². The molecule has 8 nitrogen and oxygen atoms in total. The van der Waals surface area contributed by atoms with Crippen molar-refractivity contribution < 1.29 is 19.1 Å². The topological polar surface area (TPSA) is 105 Å². The van der Waals surface area contributed by atoms with Crippen LogP contribution in [0.2, 0.25) is 0 Å². The van der Waals surface area contributed by atoms with E-state index in [1.165, 1.54) is 16.9 Å². The minimum atomic E-state index is -1.03. The second-order valence-corrected chi connectivity index (χ2v) is 7.50. The third-order valence-electron chi connectivity index (χ3n) is 5.21. The summed E-state index contributed by atoms with van der Waals surface area (Å²) in [4.78, 5) is 41.7. The summed E-state index contributed by atoms with van der Waals surface area (Å²) >= 11 is 0. The molecule has 3 N–H and O–H groups in total. The number of nitrogens with zero attached hydrogens (tertiary/aromatic N) is 2. The number of methoxy groups -OCH3 is 1. The van der Waals surface area contributed by atoms with Gasteiger partial charge in [-0.1, -0.05) is 42.0 Å². The van der Waals surface area contributed by atoms with Crippen molar-refractivity contribution in [3.8, 4) is 0 Å². The fourth-order valence-electron chi connectivity index (χ4n) is 3.68. The highest BCUT2D eigenvalue weighted by atomic mass is 16.5. The summed E-state index contributed by atoms with van der Waals surface area (Å²) in [5, 5.41) is 2.86. The van der Waals surface area contributed by atoms with Crippen LogP contribution in [0.5, 0.6) is 0 Å². The second-order valence-electron chi connectivity index (χ2n) is 7.50. The maximum Gasteiger partial charge on any atom is 0.264 e. The molecule has 1 aliphatic rings. The molecule has 2 aromatic carbocycles. The molecule has 31 heavy (non-hydrogen) atoms. The van der Waals surface area contributed by atoms with Gasteiger partial charge in [0.15, 0.2) is 6.17 Å². The van der Waals surface area contributed by atoms with Crippen molar-refractivity contribution in [1.29, 1.82) is 0 Å². The molecule has 2 aromatic rings. The third-order valence-corrected chi connectivity index (χ3v) is 5.21. The highest BCUT2D eigenvalue weighted by Crippen LogP contribution is 2.20. The first kappa shape index (κ1) is 22.5. The highest BCUT2D eigenvalue weighted by molar-refractivity contribution is 5.99. The van der Waals surface area contributed by atoms with Crippen LogP contribution in [0.15, 0.2) is 48.5 Å². The van der Waals surface area contributed by atoms with Gasteiger partial charge in [-0.15, -0.1) is 0 Å². The second kappa shape index (κ2) is 10.2. The zero-order valence-corrected chi connectivity index (χ0v) is 17.8. The van der Waals surface area contributed by atoms with Crippen LogP contribution in [0.25, 0.3) is 0 Å². The molecular formula is C23H28N4O4. The Morgan fingerprint density at radius 2 is 1.77 bits per heavy atom. The van der Waals surface area contributed by atoms with Gasteiger partial charge in [-0.05, 0) is 30.2 Å². The van der Waals surface area contributed by atoms with Crippen LogP contribution >= 0.6 is 0 Å². The summed E-state index contributed by atoms with van der Waals surface area (Å²) in [5.74, 6) is -1.05. The predicted molar refractivity (Wildman–Crippen MR) is 116 cm³/mol. The monoisotopic (exact) mass is 424 g/mol. The van der Waals surface area contributed by atoms with Crippen molar-refractivity contribution in [2.45, 2.75) is 26.2 Å². The van der Waals surface area contributed by atoms with E-state index in [1.807, 2.05) is 37.3 Å². The number of nitrogens with two attached hydrogens (primary N) is 1. The normalized spacial score (nSPS) is 15.8. The van der Waals surface area contributed by atoms with Gasteiger partial charge in [-0.3, -0.25) is 14.4 Å². The lowest BCUT2D eigenvalue weighted by Crippen LogP contribution is -2.54. The molecule has 0 saturated carbocycles. The van der Waals surface area contributed by atoms with E-state index in [-0.39, 0.29) is 38.1 Å². The number of benzene rings is 2. The van der Waals surface area contributed by atoms with Crippen molar-refractivity contribution in [1.82, 2.24) is 15.1 Å². The molecule has 1 atom stereocenters. The van der Waals surface area contributed by atoms with Gasteiger partial charge in [-0.25, -0.2) is 0 Å². The van der Waals surface area contributed by atoms with Crippen LogP contribution in [0.4, 0.5) is 0 Å². The Morgan fingerprint density at radius 3 is 2.48 bits per heavy atom. The smallest absolute Gasteiger partial charge is 0.264 e. The van der Waals surface area contributed by atoms with Gasteiger partial charge in [0.25, 0.3) is 17.7 Å². The van der Waals surface area contributed by atoms with Crippen molar-refractivity contribution in [2.24, 2.45) is 5.73 Å². The fourth-order valence-corrected chi connectivity index (χ4v) is 3.68. The Bertz CT molecular complexity index is 962. The van der Waals surface area contributed by atoms with Gasteiger partial charge < -0.3 is 25.6 Å². The zero-order chi connectivity index (χ0) is 22.4. The van der Waals surface area contributed by atoms with Crippen LogP contribution in [-0.2, 0) is 27.4 Å². The summed E-state index contributed by atoms with van der Waals surface area (Å²) in [6, 6.07) is 14.8. The predicted octanol–water partition coefficient (Wildman–Crippen LogP) is 1.03. The lowest BCUT2D eigenvalue weighted by Gasteiger charge is -2.29. The Labute approximate surface area is 182 Å². The van der Waals surface area contributed by atoms with E-state index in [2.05, 4.69) is 5.32 Å². The molecule has 1 saturated heterocycles. The van der Waals surface area contributed by atoms with Crippen molar-refractivity contribution >= 4 is 17.7 Å². The summed E-state index contributed by atoms with van der Waals surface area (Å²) < 4.78 is 4.96. The molecule has 3 amide bonds. The van der Waals surface area contributed by atoms with Crippen LogP contribution in [0, 0.1) is 6.92 Å². The average Bonchev–Trinajstić information content (AvgIpc) is 3.22. The Balaban J connectivity index is 1.81. The molecular weight excluding hydrogens is 396 g/mol. The Hall–Kier alpha value is -3.23. The first-order chi connectivity index (χ1) is 14.9. The molecule has 1 unspecified atom stereocenters. The third kappa shape index (κ3) is 5.28. The highest BCUT2D eigenvalue weighted by Gasteiger charge is 2.42. The molecule has 1 fully saturated rings. The number of nitrogens with one attached hydrogen (secondary N) is 1. The SMILES string of the molecule is COCC(=O)N1CCN(C(=O)c2cccc(C)c2)C1C(=O)NCc1cccc(CN)c1. The first-order valence-corrected chi connectivity index (χ1v) is 10.2. The van der Waals surface area contributed by atoms with Crippen LogP contribution in [0.1, 0.15) is 27.0 Å². The van der Waals surface area contributed by atoms with Gasteiger partial charge in [0, 0.05) is 38.9 Å². The molecule has 0 spiro atoms. The number of ether oxygens (including phenoxy) is 1. The maximum atomic E-state index is 13.2.